The van der Waals surface area contributed by atoms with Crippen molar-refractivity contribution in [2.75, 3.05) is 17.1 Å². The SMILES string of the molecule is COc1ccc2occ(CC(=O)Nc3ccc(S(=O)(=O)Nc4nccs4)cc3)c2c1. The van der Waals surface area contributed by atoms with Crippen LogP contribution in [0.1, 0.15) is 5.56 Å². The van der Waals surface area contributed by atoms with Crippen LogP contribution < -0.4 is 14.8 Å². The highest BCUT2D eigenvalue weighted by Crippen LogP contribution is 2.26. The number of methoxy groups -OCH3 is 1. The highest BCUT2D eigenvalue weighted by Gasteiger charge is 2.16. The van der Waals surface area contributed by atoms with E-state index >= 15 is 0 Å². The zero-order valence-electron chi connectivity index (χ0n) is 15.8. The van der Waals surface area contributed by atoms with Gasteiger partial charge in [0.05, 0.1) is 24.7 Å². The van der Waals surface area contributed by atoms with E-state index in [4.69, 9.17) is 9.15 Å². The van der Waals surface area contributed by atoms with Gasteiger partial charge in [0, 0.05) is 28.2 Å². The second kappa shape index (κ2) is 8.17. The second-order valence-corrected chi connectivity index (χ2v) is 8.89. The summed E-state index contributed by atoms with van der Waals surface area (Å²) >= 11 is 1.19. The van der Waals surface area contributed by atoms with Crippen LogP contribution in [-0.4, -0.2) is 26.4 Å². The van der Waals surface area contributed by atoms with Crippen LogP contribution in [-0.2, 0) is 21.2 Å². The lowest BCUT2D eigenvalue weighted by Crippen LogP contribution is -2.15. The number of amides is 1. The maximum absolute atomic E-state index is 12.4. The minimum absolute atomic E-state index is 0.0728. The summed E-state index contributed by atoms with van der Waals surface area (Å²) in [6.07, 6.45) is 3.16. The number of benzene rings is 2. The smallest absolute Gasteiger partial charge is 0.263 e. The third-order valence-corrected chi connectivity index (χ3v) is 6.49. The van der Waals surface area contributed by atoms with E-state index in [0.29, 0.717) is 17.0 Å². The van der Waals surface area contributed by atoms with Crippen molar-refractivity contribution in [3.63, 3.8) is 0 Å². The summed E-state index contributed by atoms with van der Waals surface area (Å²) in [5.41, 5.74) is 1.88. The first-order valence-corrected chi connectivity index (χ1v) is 11.2. The maximum Gasteiger partial charge on any atom is 0.263 e. The van der Waals surface area contributed by atoms with Crippen molar-refractivity contribution in [2.45, 2.75) is 11.3 Å². The number of aromatic nitrogens is 1. The van der Waals surface area contributed by atoms with E-state index in [9.17, 15) is 13.2 Å². The fourth-order valence-corrected chi connectivity index (χ4v) is 4.66. The first-order chi connectivity index (χ1) is 14.4. The summed E-state index contributed by atoms with van der Waals surface area (Å²) in [5.74, 6) is 0.422. The number of fused-ring (bicyclic) bond motifs is 1. The van der Waals surface area contributed by atoms with Crippen molar-refractivity contribution < 1.29 is 22.4 Å². The Labute approximate surface area is 176 Å². The standard InChI is InChI=1S/C20H17N3O5S2/c1-27-15-4-7-18-17(11-15)13(12-28-18)10-19(24)22-14-2-5-16(6-3-14)30(25,26)23-20-21-8-9-29-20/h2-9,11-12H,10H2,1H3,(H,21,23)(H,22,24). The average molecular weight is 444 g/mol. The number of carbonyl (C=O) groups is 1. The van der Waals surface area contributed by atoms with Crippen LogP contribution in [0.5, 0.6) is 5.75 Å². The van der Waals surface area contributed by atoms with Crippen molar-refractivity contribution in [1.82, 2.24) is 4.98 Å². The molecule has 10 heteroatoms. The molecule has 0 fully saturated rings. The second-order valence-electron chi connectivity index (χ2n) is 6.32. The molecule has 2 aromatic heterocycles. The van der Waals surface area contributed by atoms with E-state index in [1.165, 1.54) is 41.8 Å². The number of hydrogen-bond acceptors (Lipinski definition) is 7. The number of ether oxygens (including phenoxy) is 1. The van der Waals surface area contributed by atoms with Gasteiger partial charge >= 0.3 is 0 Å². The molecule has 0 bridgehead atoms. The topological polar surface area (TPSA) is 111 Å². The Bertz CT molecular complexity index is 1280. The molecule has 30 heavy (non-hydrogen) atoms. The van der Waals surface area contributed by atoms with Gasteiger partial charge in [-0.3, -0.25) is 9.52 Å². The molecule has 1 amide bonds. The van der Waals surface area contributed by atoms with E-state index < -0.39 is 10.0 Å². The van der Waals surface area contributed by atoms with Crippen LogP contribution in [0.15, 0.2) is 69.6 Å². The largest absolute Gasteiger partial charge is 0.497 e. The van der Waals surface area contributed by atoms with E-state index in [1.807, 2.05) is 6.07 Å². The number of rotatable bonds is 7. The lowest BCUT2D eigenvalue weighted by atomic mass is 10.1. The van der Waals surface area contributed by atoms with Crippen molar-refractivity contribution in [3.05, 3.63) is 65.9 Å². The third-order valence-electron chi connectivity index (χ3n) is 4.31. The molecule has 0 radical (unpaired) electrons. The first-order valence-electron chi connectivity index (χ1n) is 8.81. The molecule has 4 aromatic rings. The molecule has 0 atom stereocenters. The van der Waals surface area contributed by atoms with E-state index in [2.05, 4.69) is 15.0 Å². The minimum atomic E-state index is -3.74. The Hall–Kier alpha value is -3.37. The minimum Gasteiger partial charge on any atom is -0.497 e. The lowest BCUT2D eigenvalue weighted by Gasteiger charge is -2.08. The van der Waals surface area contributed by atoms with Crippen molar-refractivity contribution >= 4 is 49.1 Å². The van der Waals surface area contributed by atoms with Crippen LogP contribution in [0, 0.1) is 0 Å². The molecular weight excluding hydrogens is 426 g/mol. The maximum atomic E-state index is 12.4. The molecule has 2 heterocycles. The number of thiazole rings is 1. The van der Waals surface area contributed by atoms with Gasteiger partial charge in [0.25, 0.3) is 10.0 Å². The average Bonchev–Trinajstić information content (AvgIpc) is 3.37. The van der Waals surface area contributed by atoms with Gasteiger partial charge in [0.2, 0.25) is 5.91 Å². The predicted octanol–water partition coefficient (Wildman–Crippen LogP) is 3.88. The Kier molecular flexibility index (Phi) is 5.42. The molecule has 0 spiro atoms. The van der Waals surface area contributed by atoms with Gasteiger partial charge in [-0.25, -0.2) is 13.4 Å². The van der Waals surface area contributed by atoms with Gasteiger partial charge in [-0.2, -0.15) is 0 Å². The predicted molar refractivity (Wildman–Crippen MR) is 114 cm³/mol. The summed E-state index contributed by atoms with van der Waals surface area (Å²) in [6, 6.07) is 11.3. The number of nitrogens with one attached hydrogen (secondary N) is 2. The molecule has 0 aliphatic carbocycles. The van der Waals surface area contributed by atoms with Gasteiger partial charge in [0.1, 0.15) is 11.3 Å². The lowest BCUT2D eigenvalue weighted by molar-refractivity contribution is -0.115. The molecule has 154 valence electrons. The monoisotopic (exact) mass is 443 g/mol. The Morgan fingerprint density at radius 3 is 2.70 bits per heavy atom. The molecule has 2 aromatic carbocycles. The zero-order chi connectivity index (χ0) is 21.1. The molecule has 0 saturated heterocycles. The summed E-state index contributed by atoms with van der Waals surface area (Å²) in [5, 5.41) is 5.53. The summed E-state index contributed by atoms with van der Waals surface area (Å²) in [6.45, 7) is 0. The summed E-state index contributed by atoms with van der Waals surface area (Å²) in [7, 11) is -2.17. The number of furan rings is 1. The normalized spacial score (nSPS) is 11.4. The Balaban J connectivity index is 1.44. The van der Waals surface area contributed by atoms with Crippen LogP contribution in [0.4, 0.5) is 10.8 Å². The first kappa shape index (κ1) is 19.9. The number of carbonyl (C=O) groups excluding carboxylic acids is 1. The molecular formula is C20H17N3O5S2. The zero-order valence-corrected chi connectivity index (χ0v) is 17.4. The number of nitrogens with zero attached hydrogens (tertiary/aromatic N) is 1. The molecule has 0 unspecified atom stereocenters. The van der Waals surface area contributed by atoms with Crippen LogP contribution >= 0.6 is 11.3 Å². The number of anilines is 2. The van der Waals surface area contributed by atoms with Crippen LogP contribution in [0.3, 0.4) is 0 Å². The molecule has 8 nitrogen and oxygen atoms in total. The van der Waals surface area contributed by atoms with Crippen LogP contribution in [0.2, 0.25) is 0 Å². The summed E-state index contributed by atoms with van der Waals surface area (Å²) in [4.78, 5) is 16.4. The molecule has 0 aliphatic heterocycles. The molecule has 0 aliphatic rings. The number of sulfonamides is 1. The quantitative estimate of drug-likeness (QED) is 0.448. The Morgan fingerprint density at radius 2 is 2.00 bits per heavy atom. The Morgan fingerprint density at radius 1 is 1.20 bits per heavy atom. The molecule has 0 saturated carbocycles. The van der Waals surface area contributed by atoms with Crippen molar-refractivity contribution in [3.8, 4) is 5.75 Å². The van der Waals surface area contributed by atoms with Gasteiger partial charge < -0.3 is 14.5 Å². The molecule has 4 rings (SSSR count). The van der Waals surface area contributed by atoms with E-state index in [-0.39, 0.29) is 22.4 Å². The fraction of sp³-hybridized carbons (Fsp3) is 0.100. The highest BCUT2D eigenvalue weighted by atomic mass is 32.2. The van der Waals surface area contributed by atoms with Gasteiger partial charge in [-0.1, -0.05) is 0 Å². The van der Waals surface area contributed by atoms with Gasteiger partial charge in [0.15, 0.2) is 5.13 Å². The highest BCUT2D eigenvalue weighted by molar-refractivity contribution is 7.93. The summed E-state index contributed by atoms with van der Waals surface area (Å²) < 4.78 is 37.8. The fourth-order valence-electron chi connectivity index (χ4n) is 2.87. The van der Waals surface area contributed by atoms with Crippen molar-refractivity contribution in [1.29, 1.82) is 0 Å². The van der Waals surface area contributed by atoms with E-state index in [0.717, 1.165) is 10.9 Å². The van der Waals surface area contributed by atoms with Gasteiger partial charge in [-0.05, 0) is 42.5 Å². The van der Waals surface area contributed by atoms with E-state index in [1.54, 1.807) is 30.9 Å². The molecule has 2 N–H and O–H groups in total. The third kappa shape index (κ3) is 4.29. The van der Waals surface area contributed by atoms with Crippen molar-refractivity contribution in [2.24, 2.45) is 0 Å². The van der Waals surface area contributed by atoms with Crippen LogP contribution in [0.25, 0.3) is 11.0 Å². The number of hydrogen-bond donors (Lipinski definition) is 2. The van der Waals surface area contributed by atoms with Gasteiger partial charge in [-0.15, -0.1) is 11.3 Å².